The molecule has 1 fully saturated rings. The number of amides is 1. The summed E-state index contributed by atoms with van der Waals surface area (Å²) in [5.74, 6) is -0.811. The van der Waals surface area contributed by atoms with Crippen molar-refractivity contribution >= 4 is 17.9 Å². The minimum Gasteiger partial charge on any atom is -0.493 e. The normalized spacial score (nSPS) is 20.3. The van der Waals surface area contributed by atoms with Gasteiger partial charge in [0.2, 0.25) is 5.91 Å². The second-order valence-electron chi connectivity index (χ2n) is 6.84. The lowest BCUT2D eigenvalue weighted by atomic mass is 10.0. The van der Waals surface area contributed by atoms with Gasteiger partial charge in [0.25, 0.3) is 0 Å². The van der Waals surface area contributed by atoms with E-state index in [2.05, 4.69) is 10.0 Å². The quantitative estimate of drug-likeness (QED) is 0.354. The largest absolute Gasteiger partial charge is 0.493 e. The highest BCUT2D eigenvalue weighted by molar-refractivity contribution is 7.97. The zero-order valence-electron chi connectivity index (χ0n) is 16.0. The molecule has 1 amide bonds. The first-order chi connectivity index (χ1) is 14.0. The minimum atomic E-state index is -1.80. The van der Waals surface area contributed by atoms with Crippen molar-refractivity contribution in [1.29, 1.82) is 0 Å². The summed E-state index contributed by atoms with van der Waals surface area (Å²) < 4.78 is 13.8. The number of rotatable bonds is 7. The minimum absolute atomic E-state index is 0.258. The van der Waals surface area contributed by atoms with E-state index >= 15 is 0 Å². The number of carbonyl (C=O) groups is 1. The van der Waals surface area contributed by atoms with Crippen LogP contribution in [0, 0.1) is 0 Å². The van der Waals surface area contributed by atoms with Crippen LogP contribution in [0.5, 0.6) is 11.5 Å². The summed E-state index contributed by atoms with van der Waals surface area (Å²) in [5, 5.41) is 13.1. The van der Waals surface area contributed by atoms with Crippen LogP contribution < -0.4 is 19.5 Å². The molecule has 0 bridgehead atoms. The van der Waals surface area contributed by atoms with Crippen LogP contribution in [-0.2, 0) is 27.4 Å². The molecule has 0 aromatic heterocycles. The Balaban J connectivity index is 1.47. The Kier molecular flexibility index (Phi) is 5.66. The molecular weight excluding hydrogens is 396 g/mol. The molecule has 2 aromatic carbocycles. The first-order valence-corrected chi connectivity index (χ1v) is 9.95. The Bertz CT molecular complexity index is 890. The smallest absolute Gasteiger partial charge is 0.358 e. The van der Waals surface area contributed by atoms with Crippen molar-refractivity contribution in [2.45, 2.75) is 35.8 Å². The van der Waals surface area contributed by atoms with Gasteiger partial charge in [-0.05, 0) is 41.6 Å². The van der Waals surface area contributed by atoms with Crippen LogP contribution >= 0.6 is 11.9 Å². The van der Waals surface area contributed by atoms with Crippen molar-refractivity contribution in [1.82, 2.24) is 10.0 Å². The van der Waals surface area contributed by atoms with Gasteiger partial charge in [-0.3, -0.25) is 4.79 Å². The molecule has 9 heteroatoms. The first kappa shape index (κ1) is 20.0. The predicted octanol–water partition coefficient (Wildman–Crippen LogP) is 1.56. The van der Waals surface area contributed by atoms with E-state index in [-0.39, 0.29) is 5.91 Å². The topological polar surface area (TPSA) is 105 Å². The zero-order valence-corrected chi connectivity index (χ0v) is 16.8. The van der Waals surface area contributed by atoms with E-state index in [1.165, 1.54) is 11.9 Å². The van der Waals surface area contributed by atoms with Crippen LogP contribution in [0.4, 0.5) is 0 Å². The molecule has 4 rings (SSSR count). The summed E-state index contributed by atoms with van der Waals surface area (Å²) in [7, 11) is 3.16. The third-order valence-corrected chi connectivity index (χ3v) is 5.91. The Hall–Kier alpha value is -2.30. The maximum absolute atomic E-state index is 12.9. The van der Waals surface area contributed by atoms with E-state index in [0.717, 1.165) is 16.0 Å². The molecule has 0 saturated carbocycles. The molecule has 2 atom stereocenters. The van der Waals surface area contributed by atoms with Gasteiger partial charge in [-0.15, -0.1) is 0 Å². The number of fused-ring (bicyclic) bond motifs is 1. The number of aliphatic hydroxyl groups is 1. The molecule has 154 valence electrons. The Morgan fingerprint density at radius 2 is 1.97 bits per heavy atom. The fourth-order valence-electron chi connectivity index (χ4n) is 3.25. The van der Waals surface area contributed by atoms with Crippen LogP contribution in [0.2, 0.25) is 0 Å². The molecular formula is C20H22N2O6S. The molecule has 1 unspecified atom stereocenters. The second kappa shape index (κ2) is 8.21. The molecule has 3 N–H and O–H groups in total. The van der Waals surface area contributed by atoms with Gasteiger partial charge in [0, 0.05) is 11.3 Å². The average molecular weight is 418 g/mol. The van der Waals surface area contributed by atoms with Crippen molar-refractivity contribution in [3.63, 3.8) is 0 Å². The van der Waals surface area contributed by atoms with Gasteiger partial charge in [-0.2, -0.15) is 9.78 Å². The molecule has 2 aliphatic heterocycles. The summed E-state index contributed by atoms with van der Waals surface area (Å²) >= 11 is 1.36. The third-order valence-electron chi connectivity index (χ3n) is 4.91. The van der Waals surface area contributed by atoms with Crippen molar-refractivity contribution in [2.24, 2.45) is 0 Å². The van der Waals surface area contributed by atoms with Crippen LogP contribution in [0.1, 0.15) is 11.1 Å². The monoisotopic (exact) mass is 418 g/mol. The second-order valence-corrected chi connectivity index (χ2v) is 7.72. The van der Waals surface area contributed by atoms with E-state index in [4.69, 9.17) is 19.2 Å². The maximum Gasteiger partial charge on any atom is 0.358 e. The number of carbonyl (C=O) groups excluding carboxylic acids is 1. The Morgan fingerprint density at radius 3 is 2.62 bits per heavy atom. The number of nitrogens with one attached hydrogen (secondary N) is 2. The van der Waals surface area contributed by atoms with Crippen molar-refractivity contribution in [3.05, 3.63) is 53.6 Å². The summed E-state index contributed by atoms with van der Waals surface area (Å²) in [4.78, 5) is 23.3. The molecule has 0 spiro atoms. The summed E-state index contributed by atoms with van der Waals surface area (Å²) in [5.41, 5.74) is 1.92. The van der Waals surface area contributed by atoms with Crippen LogP contribution in [0.15, 0.2) is 47.4 Å². The predicted molar refractivity (Wildman–Crippen MR) is 105 cm³/mol. The highest BCUT2D eigenvalue weighted by Gasteiger charge is 2.55. The lowest BCUT2D eigenvalue weighted by Gasteiger charge is -2.27. The van der Waals surface area contributed by atoms with Crippen LogP contribution in [0.25, 0.3) is 0 Å². The number of hydrogen-bond donors (Lipinski definition) is 3. The molecule has 2 heterocycles. The number of benzene rings is 2. The van der Waals surface area contributed by atoms with E-state index < -0.39 is 18.1 Å². The molecule has 0 aliphatic carbocycles. The maximum atomic E-state index is 12.9. The first-order valence-electron chi connectivity index (χ1n) is 9.13. The molecule has 1 saturated heterocycles. The van der Waals surface area contributed by atoms with E-state index in [0.29, 0.717) is 24.3 Å². The van der Waals surface area contributed by atoms with Gasteiger partial charge in [0.05, 0.1) is 14.2 Å². The molecule has 8 nitrogen and oxygen atoms in total. The Labute approximate surface area is 172 Å². The standard InChI is InChI=1S/C20H22N2O6S/c1-25-15-10-13-9-14(22-29-17(13)11-16(15)26-2)19(23)21-18(20(24)27-28-20)8-12-6-4-3-5-7-12/h3-7,10-11,14,18,22,24H,8-9H2,1-2H3,(H,21,23)/t14?,18-/m0/s1. The van der Waals surface area contributed by atoms with Gasteiger partial charge in [0.1, 0.15) is 12.1 Å². The van der Waals surface area contributed by atoms with Crippen molar-refractivity contribution in [2.75, 3.05) is 14.2 Å². The van der Waals surface area contributed by atoms with Gasteiger partial charge in [0.15, 0.2) is 11.5 Å². The average Bonchev–Trinajstić information content (AvgIpc) is 3.51. The summed E-state index contributed by atoms with van der Waals surface area (Å²) in [6.07, 6.45) is 0.831. The van der Waals surface area contributed by atoms with Gasteiger partial charge in [-0.1, -0.05) is 30.3 Å². The van der Waals surface area contributed by atoms with Crippen LogP contribution in [-0.4, -0.2) is 43.3 Å². The SMILES string of the molecule is COc1cc2c(cc1OC)SNC(C(=O)N[C@@H](Cc1ccccc1)C1(O)OO1)C2. The van der Waals surface area contributed by atoms with Gasteiger partial charge in [-0.25, -0.2) is 4.72 Å². The van der Waals surface area contributed by atoms with E-state index in [1.807, 2.05) is 42.5 Å². The number of methoxy groups -OCH3 is 2. The number of hydrogen-bond acceptors (Lipinski definition) is 8. The fraction of sp³-hybridized carbons (Fsp3) is 0.350. The summed E-state index contributed by atoms with van der Waals surface area (Å²) in [6.45, 7) is 0. The van der Waals surface area contributed by atoms with Gasteiger partial charge < -0.3 is 19.9 Å². The highest BCUT2D eigenvalue weighted by atomic mass is 32.2. The number of ether oxygens (including phenoxy) is 2. The lowest BCUT2D eigenvalue weighted by Crippen LogP contribution is -2.53. The molecule has 2 aromatic rings. The molecule has 0 radical (unpaired) electrons. The fourth-order valence-corrected chi connectivity index (χ4v) is 4.15. The molecule has 2 aliphatic rings. The third kappa shape index (κ3) is 4.34. The van der Waals surface area contributed by atoms with E-state index in [1.54, 1.807) is 14.2 Å². The van der Waals surface area contributed by atoms with E-state index in [9.17, 15) is 9.90 Å². The zero-order chi connectivity index (χ0) is 20.4. The van der Waals surface area contributed by atoms with Crippen molar-refractivity contribution < 1.29 is 29.1 Å². The van der Waals surface area contributed by atoms with Crippen molar-refractivity contribution in [3.8, 4) is 11.5 Å². The highest BCUT2D eigenvalue weighted by Crippen LogP contribution is 2.37. The molecule has 29 heavy (non-hydrogen) atoms. The lowest BCUT2D eigenvalue weighted by molar-refractivity contribution is -0.126. The Morgan fingerprint density at radius 1 is 1.28 bits per heavy atom. The van der Waals surface area contributed by atoms with Crippen LogP contribution in [0.3, 0.4) is 0 Å². The van der Waals surface area contributed by atoms with Gasteiger partial charge >= 0.3 is 5.97 Å². The summed E-state index contributed by atoms with van der Waals surface area (Å²) in [6, 6.07) is 12.0.